The Kier molecular flexibility index (Phi) is 17.0. The van der Waals surface area contributed by atoms with Crippen LogP contribution in [0.2, 0.25) is 0 Å². The van der Waals surface area contributed by atoms with Crippen LogP contribution in [-0.2, 0) is 14.4 Å². The molecular formula is C12H24O3. The lowest BCUT2D eigenvalue weighted by Gasteiger charge is -1.95. The molecule has 15 heavy (non-hydrogen) atoms. The fourth-order valence-electron chi connectivity index (χ4n) is 0.575. The van der Waals surface area contributed by atoms with Crippen LogP contribution in [0.1, 0.15) is 54.9 Å². The van der Waals surface area contributed by atoms with Crippen molar-refractivity contribution in [3.63, 3.8) is 0 Å². The van der Waals surface area contributed by atoms with Gasteiger partial charge in [0.15, 0.2) is 0 Å². The van der Waals surface area contributed by atoms with Gasteiger partial charge in [0, 0.05) is 6.42 Å². The van der Waals surface area contributed by atoms with Gasteiger partial charge in [0.1, 0.15) is 17.3 Å². The summed E-state index contributed by atoms with van der Waals surface area (Å²) in [6.07, 6.45) is 0.722. The molecule has 0 aliphatic carbocycles. The van der Waals surface area contributed by atoms with Crippen LogP contribution < -0.4 is 0 Å². The van der Waals surface area contributed by atoms with E-state index >= 15 is 0 Å². The second-order valence-electron chi connectivity index (χ2n) is 4.12. The van der Waals surface area contributed by atoms with Crippen LogP contribution in [0.4, 0.5) is 0 Å². The van der Waals surface area contributed by atoms with E-state index in [1.54, 1.807) is 6.92 Å². The van der Waals surface area contributed by atoms with E-state index in [-0.39, 0.29) is 17.3 Å². The fourth-order valence-corrected chi connectivity index (χ4v) is 0.575. The molecule has 0 aromatic carbocycles. The largest absolute Gasteiger partial charge is 0.300 e. The molecule has 0 aromatic rings. The molecule has 0 aliphatic rings. The molecule has 90 valence electrons. The van der Waals surface area contributed by atoms with E-state index in [1.807, 2.05) is 13.8 Å². The van der Waals surface area contributed by atoms with Gasteiger partial charge in [0.25, 0.3) is 0 Å². The molecular weight excluding hydrogens is 192 g/mol. The molecule has 3 nitrogen and oxygen atoms in total. The number of hydrogen-bond donors (Lipinski definition) is 0. The highest BCUT2D eigenvalue weighted by atomic mass is 16.1. The standard InChI is InChI=1S/C6H12O.2C3H6O/c1-5(2)4-6(3)7;2*1-3(2)4/h5H,4H2,1-3H3;2*1-2H3. The topological polar surface area (TPSA) is 51.2 Å². The van der Waals surface area contributed by atoms with Crippen molar-refractivity contribution in [2.75, 3.05) is 0 Å². The van der Waals surface area contributed by atoms with E-state index in [2.05, 4.69) is 0 Å². The van der Waals surface area contributed by atoms with Crippen molar-refractivity contribution in [2.45, 2.75) is 54.9 Å². The molecule has 0 atom stereocenters. The van der Waals surface area contributed by atoms with Gasteiger partial charge >= 0.3 is 0 Å². The Hall–Kier alpha value is -0.990. The molecule has 0 rings (SSSR count). The third-order valence-corrected chi connectivity index (χ3v) is 0.696. The molecule has 0 amide bonds. The number of ketones is 3. The third-order valence-electron chi connectivity index (χ3n) is 0.696. The number of carbonyl (C=O) groups is 3. The maximum Gasteiger partial charge on any atom is 0.130 e. The summed E-state index contributed by atoms with van der Waals surface area (Å²) in [7, 11) is 0. The van der Waals surface area contributed by atoms with Gasteiger partial charge in [-0.2, -0.15) is 0 Å². The van der Waals surface area contributed by atoms with Gasteiger partial charge in [0.2, 0.25) is 0 Å². The molecule has 0 N–H and O–H groups in total. The van der Waals surface area contributed by atoms with Gasteiger partial charge in [-0.15, -0.1) is 0 Å². The van der Waals surface area contributed by atoms with Crippen molar-refractivity contribution < 1.29 is 14.4 Å². The first-order valence-electron chi connectivity index (χ1n) is 5.03. The maximum absolute atomic E-state index is 10.3. The Labute approximate surface area is 93.2 Å². The minimum Gasteiger partial charge on any atom is -0.300 e. The van der Waals surface area contributed by atoms with Crippen molar-refractivity contribution in [1.82, 2.24) is 0 Å². The monoisotopic (exact) mass is 216 g/mol. The van der Waals surface area contributed by atoms with Gasteiger partial charge in [-0.3, -0.25) is 0 Å². The zero-order valence-corrected chi connectivity index (χ0v) is 11.0. The van der Waals surface area contributed by atoms with Crippen LogP contribution in [0, 0.1) is 5.92 Å². The van der Waals surface area contributed by atoms with E-state index in [0.29, 0.717) is 5.92 Å². The zero-order valence-electron chi connectivity index (χ0n) is 11.0. The Bertz CT molecular complexity index is 173. The molecule has 0 spiro atoms. The van der Waals surface area contributed by atoms with Crippen LogP contribution >= 0.6 is 0 Å². The van der Waals surface area contributed by atoms with Crippen LogP contribution in [-0.4, -0.2) is 17.3 Å². The summed E-state index contributed by atoms with van der Waals surface area (Å²) < 4.78 is 0. The van der Waals surface area contributed by atoms with E-state index < -0.39 is 0 Å². The molecule has 0 heterocycles. The number of carbonyl (C=O) groups excluding carboxylic acids is 3. The summed E-state index contributed by atoms with van der Waals surface area (Å²) in [4.78, 5) is 29.1. The first-order valence-corrected chi connectivity index (χ1v) is 5.03. The van der Waals surface area contributed by atoms with Crippen LogP contribution in [0.25, 0.3) is 0 Å². The smallest absolute Gasteiger partial charge is 0.130 e. The van der Waals surface area contributed by atoms with Crippen LogP contribution in [0.15, 0.2) is 0 Å². The summed E-state index contributed by atoms with van der Waals surface area (Å²) in [5.74, 6) is 1.15. The predicted octanol–water partition coefficient (Wildman–Crippen LogP) is 2.81. The van der Waals surface area contributed by atoms with Crippen molar-refractivity contribution >= 4 is 17.3 Å². The molecule has 0 aromatic heterocycles. The number of Topliss-reactive ketones (excluding diaryl/α,β-unsaturated/α-hetero) is 3. The summed E-state index contributed by atoms with van der Waals surface area (Å²) in [6, 6.07) is 0. The van der Waals surface area contributed by atoms with Crippen LogP contribution in [0.5, 0.6) is 0 Å². The molecule has 0 unspecified atom stereocenters. The SMILES string of the molecule is CC(=O)CC(C)C.CC(C)=O.CC(C)=O. The predicted molar refractivity (Wildman–Crippen MR) is 62.8 cm³/mol. The molecule has 0 aliphatic heterocycles. The van der Waals surface area contributed by atoms with E-state index in [4.69, 9.17) is 0 Å². The Balaban J connectivity index is -0.000000155. The normalized spacial score (nSPS) is 8.00. The average Bonchev–Trinajstić information content (AvgIpc) is 1.78. The minimum absolute atomic E-state index is 0.167. The zero-order chi connectivity index (χ0) is 13.0. The van der Waals surface area contributed by atoms with E-state index in [9.17, 15) is 14.4 Å². The van der Waals surface area contributed by atoms with Crippen molar-refractivity contribution in [3.8, 4) is 0 Å². The van der Waals surface area contributed by atoms with Gasteiger partial charge in [0.05, 0.1) is 0 Å². The van der Waals surface area contributed by atoms with Gasteiger partial charge in [-0.05, 0) is 40.5 Å². The maximum atomic E-state index is 10.3. The fraction of sp³-hybridized carbons (Fsp3) is 0.750. The van der Waals surface area contributed by atoms with E-state index in [0.717, 1.165) is 6.42 Å². The second kappa shape index (κ2) is 13.0. The highest BCUT2D eigenvalue weighted by molar-refractivity contribution is 5.75. The summed E-state index contributed by atoms with van der Waals surface area (Å²) in [5, 5.41) is 0. The minimum atomic E-state index is 0.167. The number of rotatable bonds is 2. The van der Waals surface area contributed by atoms with Gasteiger partial charge in [-0.25, -0.2) is 0 Å². The Morgan fingerprint density at radius 2 is 1.00 bits per heavy atom. The highest BCUT2D eigenvalue weighted by Gasteiger charge is 1.95. The molecule has 0 radical (unpaired) electrons. The molecule has 3 heteroatoms. The first kappa shape index (κ1) is 19.6. The number of hydrogen-bond acceptors (Lipinski definition) is 3. The Morgan fingerprint density at radius 1 is 0.800 bits per heavy atom. The lowest BCUT2D eigenvalue weighted by atomic mass is 10.1. The summed E-state index contributed by atoms with van der Waals surface area (Å²) >= 11 is 0. The first-order chi connectivity index (χ1) is 6.59. The van der Waals surface area contributed by atoms with Crippen molar-refractivity contribution in [2.24, 2.45) is 5.92 Å². The second-order valence-corrected chi connectivity index (χ2v) is 4.12. The van der Waals surface area contributed by atoms with Crippen molar-refractivity contribution in [1.29, 1.82) is 0 Å². The lowest BCUT2D eigenvalue weighted by molar-refractivity contribution is -0.118. The summed E-state index contributed by atoms with van der Waals surface area (Å²) in [6.45, 7) is 11.8. The average molecular weight is 216 g/mol. The molecule has 0 fully saturated rings. The lowest BCUT2D eigenvalue weighted by Crippen LogP contribution is -1.95. The summed E-state index contributed by atoms with van der Waals surface area (Å²) in [5.41, 5.74) is 0. The molecule has 0 saturated heterocycles. The quantitative estimate of drug-likeness (QED) is 0.713. The van der Waals surface area contributed by atoms with Gasteiger partial charge < -0.3 is 14.4 Å². The van der Waals surface area contributed by atoms with Crippen molar-refractivity contribution in [3.05, 3.63) is 0 Å². The third kappa shape index (κ3) is 174. The van der Waals surface area contributed by atoms with E-state index in [1.165, 1.54) is 27.7 Å². The van der Waals surface area contributed by atoms with Crippen LogP contribution in [0.3, 0.4) is 0 Å². The van der Waals surface area contributed by atoms with Gasteiger partial charge in [-0.1, -0.05) is 13.8 Å². The molecule has 0 saturated carbocycles. The highest BCUT2D eigenvalue weighted by Crippen LogP contribution is 1.97. The Morgan fingerprint density at radius 3 is 1.00 bits per heavy atom. The molecule has 0 bridgehead atoms.